The summed E-state index contributed by atoms with van der Waals surface area (Å²) in [5.74, 6) is -0.108. The first kappa shape index (κ1) is 12.4. The largest absolute Gasteiger partial charge is 0.398 e. The zero-order valence-electron chi connectivity index (χ0n) is 9.64. The van der Waals surface area contributed by atoms with Gasteiger partial charge in [-0.2, -0.15) is 0 Å². The minimum absolute atomic E-state index is 0.108. The van der Waals surface area contributed by atoms with Gasteiger partial charge in [-0.25, -0.2) is 0 Å². The minimum atomic E-state index is -0.108. The molecule has 0 aromatic heterocycles. The van der Waals surface area contributed by atoms with Gasteiger partial charge in [-0.1, -0.05) is 41.9 Å². The molecule has 2 aromatic rings. The summed E-state index contributed by atoms with van der Waals surface area (Å²) in [5.41, 5.74) is 7.66. The van der Waals surface area contributed by atoms with Crippen LogP contribution in [0.4, 0.5) is 5.69 Å². The van der Waals surface area contributed by atoms with Crippen LogP contribution in [0.15, 0.2) is 54.6 Å². The monoisotopic (exact) mass is 257 g/mol. The molecule has 3 heteroatoms. The highest BCUT2D eigenvalue weighted by molar-refractivity contribution is 6.30. The van der Waals surface area contributed by atoms with Crippen LogP contribution in [0, 0.1) is 0 Å². The second kappa shape index (κ2) is 5.52. The number of hydrogen-bond acceptors (Lipinski definition) is 2. The maximum Gasteiger partial charge on any atom is 0.187 e. The molecule has 0 spiro atoms. The van der Waals surface area contributed by atoms with E-state index in [0.29, 0.717) is 16.3 Å². The number of carbonyl (C=O) groups is 1. The van der Waals surface area contributed by atoms with E-state index in [1.54, 1.807) is 42.5 Å². The molecule has 0 saturated heterocycles. The second-order valence-corrected chi connectivity index (χ2v) is 4.27. The molecule has 0 heterocycles. The summed E-state index contributed by atoms with van der Waals surface area (Å²) in [6.07, 6.45) is 3.25. The Bertz CT molecular complexity index is 588. The Morgan fingerprint density at radius 2 is 1.72 bits per heavy atom. The molecule has 0 aliphatic rings. The fourth-order valence-corrected chi connectivity index (χ4v) is 1.68. The van der Waals surface area contributed by atoms with E-state index in [9.17, 15) is 4.79 Å². The van der Waals surface area contributed by atoms with E-state index >= 15 is 0 Å². The van der Waals surface area contributed by atoms with Crippen LogP contribution >= 0.6 is 11.6 Å². The quantitative estimate of drug-likeness (QED) is 0.516. The van der Waals surface area contributed by atoms with Gasteiger partial charge in [-0.05, 0) is 35.9 Å². The van der Waals surface area contributed by atoms with E-state index in [2.05, 4.69) is 0 Å². The summed E-state index contributed by atoms with van der Waals surface area (Å²) in [5, 5.41) is 0.672. The van der Waals surface area contributed by atoms with E-state index in [-0.39, 0.29) is 5.78 Å². The van der Waals surface area contributed by atoms with Crippen LogP contribution in [0.25, 0.3) is 6.08 Å². The van der Waals surface area contributed by atoms with Crippen molar-refractivity contribution < 1.29 is 4.79 Å². The third kappa shape index (κ3) is 2.99. The smallest absolute Gasteiger partial charge is 0.187 e. The highest BCUT2D eigenvalue weighted by Gasteiger charge is 2.04. The Kier molecular flexibility index (Phi) is 3.80. The fraction of sp³-hybridized carbons (Fsp3) is 0. The van der Waals surface area contributed by atoms with Gasteiger partial charge < -0.3 is 5.73 Å². The summed E-state index contributed by atoms with van der Waals surface area (Å²) < 4.78 is 0. The SMILES string of the molecule is Nc1ccccc1C(=O)/C=C/c1ccc(Cl)cc1. The van der Waals surface area contributed by atoms with Crippen molar-refractivity contribution >= 4 is 29.1 Å². The summed E-state index contributed by atoms with van der Waals surface area (Å²) in [7, 11) is 0. The Balaban J connectivity index is 2.17. The number of carbonyl (C=O) groups excluding carboxylic acids is 1. The lowest BCUT2D eigenvalue weighted by Gasteiger charge is -2.00. The topological polar surface area (TPSA) is 43.1 Å². The van der Waals surface area contributed by atoms with E-state index in [1.165, 1.54) is 6.08 Å². The van der Waals surface area contributed by atoms with Gasteiger partial charge >= 0.3 is 0 Å². The molecule has 2 aromatic carbocycles. The van der Waals surface area contributed by atoms with Crippen LogP contribution in [-0.4, -0.2) is 5.78 Å². The molecule has 0 atom stereocenters. The van der Waals surface area contributed by atoms with Crippen LogP contribution < -0.4 is 5.73 Å². The molecule has 0 fully saturated rings. The van der Waals surface area contributed by atoms with Gasteiger partial charge in [0.2, 0.25) is 0 Å². The lowest BCUT2D eigenvalue weighted by Crippen LogP contribution is -1.99. The van der Waals surface area contributed by atoms with E-state index in [0.717, 1.165) is 5.56 Å². The van der Waals surface area contributed by atoms with Crippen LogP contribution in [0.2, 0.25) is 5.02 Å². The lowest BCUT2D eigenvalue weighted by atomic mass is 10.1. The van der Waals surface area contributed by atoms with Crippen molar-refractivity contribution in [3.63, 3.8) is 0 Å². The molecule has 0 radical (unpaired) electrons. The highest BCUT2D eigenvalue weighted by Crippen LogP contribution is 2.14. The molecular formula is C15H12ClNO. The first-order valence-corrected chi connectivity index (χ1v) is 5.87. The summed E-state index contributed by atoms with van der Waals surface area (Å²) >= 11 is 5.78. The number of anilines is 1. The Morgan fingerprint density at radius 3 is 2.39 bits per heavy atom. The van der Waals surface area contributed by atoms with Crippen LogP contribution in [-0.2, 0) is 0 Å². The van der Waals surface area contributed by atoms with Crippen molar-refractivity contribution in [2.75, 3.05) is 5.73 Å². The third-order valence-electron chi connectivity index (χ3n) is 2.52. The molecule has 2 rings (SSSR count). The fourth-order valence-electron chi connectivity index (χ4n) is 1.56. The zero-order valence-corrected chi connectivity index (χ0v) is 10.4. The number of allylic oxidation sites excluding steroid dienone is 1. The predicted octanol–water partition coefficient (Wildman–Crippen LogP) is 3.82. The van der Waals surface area contributed by atoms with Gasteiger partial charge in [0.25, 0.3) is 0 Å². The molecule has 18 heavy (non-hydrogen) atoms. The number of halogens is 1. The first-order chi connectivity index (χ1) is 8.66. The summed E-state index contributed by atoms with van der Waals surface area (Å²) in [4.78, 5) is 11.9. The Morgan fingerprint density at radius 1 is 1.06 bits per heavy atom. The molecule has 2 N–H and O–H groups in total. The average molecular weight is 258 g/mol. The molecule has 2 nitrogen and oxygen atoms in total. The van der Waals surface area contributed by atoms with Crippen molar-refractivity contribution in [2.24, 2.45) is 0 Å². The van der Waals surface area contributed by atoms with E-state index < -0.39 is 0 Å². The number of rotatable bonds is 3. The number of nitrogens with two attached hydrogens (primary N) is 1. The van der Waals surface area contributed by atoms with Gasteiger partial charge in [0.05, 0.1) is 0 Å². The maximum absolute atomic E-state index is 11.9. The normalized spacial score (nSPS) is 10.7. The van der Waals surface area contributed by atoms with Gasteiger partial charge in [0.15, 0.2) is 5.78 Å². The number of hydrogen-bond donors (Lipinski definition) is 1. The van der Waals surface area contributed by atoms with E-state index in [4.69, 9.17) is 17.3 Å². The maximum atomic E-state index is 11.9. The number of para-hydroxylation sites is 1. The number of ketones is 1. The summed E-state index contributed by atoms with van der Waals surface area (Å²) in [6, 6.07) is 14.3. The standard InChI is InChI=1S/C15H12ClNO/c16-12-8-5-11(6-9-12)7-10-15(18)13-3-1-2-4-14(13)17/h1-10H,17H2/b10-7+. The molecule has 0 amide bonds. The minimum Gasteiger partial charge on any atom is -0.398 e. The van der Waals surface area contributed by atoms with Gasteiger partial charge in [-0.3, -0.25) is 4.79 Å². The van der Waals surface area contributed by atoms with Crippen LogP contribution in [0.3, 0.4) is 0 Å². The van der Waals surface area contributed by atoms with Crippen LogP contribution in [0.5, 0.6) is 0 Å². The predicted molar refractivity (Wildman–Crippen MR) is 75.7 cm³/mol. The lowest BCUT2D eigenvalue weighted by molar-refractivity contribution is 0.104. The van der Waals surface area contributed by atoms with Gasteiger partial charge in [0, 0.05) is 16.3 Å². The first-order valence-electron chi connectivity index (χ1n) is 5.49. The zero-order chi connectivity index (χ0) is 13.0. The number of nitrogen functional groups attached to an aromatic ring is 1. The third-order valence-corrected chi connectivity index (χ3v) is 2.78. The molecule has 0 aliphatic heterocycles. The highest BCUT2D eigenvalue weighted by atomic mass is 35.5. The number of benzene rings is 2. The molecule has 0 saturated carbocycles. The molecule has 90 valence electrons. The van der Waals surface area contributed by atoms with Crippen LogP contribution in [0.1, 0.15) is 15.9 Å². The molecule has 0 unspecified atom stereocenters. The average Bonchev–Trinajstić information content (AvgIpc) is 2.38. The van der Waals surface area contributed by atoms with Gasteiger partial charge in [0.1, 0.15) is 0 Å². The molecule has 0 bridgehead atoms. The van der Waals surface area contributed by atoms with Crippen molar-refractivity contribution in [1.29, 1.82) is 0 Å². The van der Waals surface area contributed by atoms with Crippen molar-refractivity contribution in [2.45, 2.75) is 0 Å². The molecule has 0 aliphatic carbocycles. The molecular weight excluding hydrogens is 246 g/mol. The Labute approximate surface area is 111 Å². The Hall–Kier alpha value is -2.06. The van der Waals surface area contributed by atoms with Crippen molar-refractivity contribution in [3.05, 3.63) is 70.8 Å². The van der Waals surface area contributed by atoms with Crippen molar-refractivity contribution in [1.82, 2.24) is 0 Å². The van der Waals surface area contributed by atoms with Gasteiger partial charge in [-0.15, -0.1) is 0 Å². The summed E-state index contributed by atoms with van der Waals surface area (Å²) in [6.45, 7) is 0. The second-order valence-electron chi connectivity index (χ2n) is 3.84. The van der Waals surface area contributed by atoms with E-state index in [1.807, 2.05) is 12.1 Å². The van der Waals surface area contributed by atoms with Crippen molar-refractivity contribution in [3.8, 4) is 0 Å².